The Hall–Kier alpha value is -0.220. The maximum absolute atomic E-state index is 11.4. The first-order chi connectivity index (χ1) is 7.56. The average Bonchev–Trinajstić information content (AvgIpc) is 2.29. The number of methoxy groups -OCH3 is 1. The molecule has 1 saturated heterocycles. The molecule has 0 bridgehead atoms. The second-order valence-electron chi connectivity index (χ2n) is 4.99. The van der Waals surface area contributed by atoms with Crippen LogP contribution in [-0.4, -0.2) is 37.2 Å². The molecule has 4 heteroatoms. The Kier molecular flexibility index (Phi) is 5.62. The Morgan fingerprint density at radius 3 is 2.81 bits per heavy atom. The van der Waals surface area contributed by atoms with Gasteiger partial charge in [0.15, 0.2) is 0 Å². The minimum atomic E-state index is -0.423. The third kappa shape index (κ3) is 4.34. The summed E-state index contributed by atoms with van der Waals surface area (Å²) in [5.41, 5.74) is -0.423. The van der Waals surface area contributed by atoms with Crippen LogP contribution in [0.25, 0.3) is 0 Å². The molecule has 1 rings (SSSR count). The van der Waals surface area contributed by atoms with Gasteiger partial charge in [0.25, 0.3) is 0 Å². The summed E-state index contributed by atoms with van der Waals surface area (Å²) in [6, 6.07) is 0. The molecule has 1 unspecified atom stereocenters. The standard InChI is InChI=1S/C12H23NO2S/c1-12(2,11(14)15-3)9-13-8-10-6-4-5-7-16-10/h10,13H,4-9H2,1-3H3. The molecule has 0 radical (unpaired) electrons. The number of nitrogens with one attached hydrogen (secondary N) is 1. The highest BCUT2D eigenvalue weighted by atomic mass is 32.2. The van der Waals surface area contributed by atoms with Gasteiger partial charge in [-0.15, -0.1) is 0 Å². The first-order valence-electron chi connectivity index (χ1n) is 5.97. The van der Waals surface area contributed by atoms with Crippen molar-refractivity contribution in [1.82, 2.24) is 5.32 Å². The lowest BCUT2D eigenvalue weighted by Gasteiger charge is -2.25. The highest BCUT2D eigenvalue weighted by Crippen LogP contribution is 2.24. The van der Waals surface area contributed by atoms with Gasteiger partial charge in [-0.1, -0.05) is 6.42 Å². The molecule has 0 saturated carbocycles. The highest BCUT2D eigenvalue weighted by molar-refractivity contribution is 7.99. The molecule has 1 atom stereocenters. The fourth-order valence-corrected chi connectivity index (χ4v) is 3.14. The Morgan fingerprint density at radius 1 is 1.50 bits per heavy atom. The fourth-order valence-electron chi connectivity index (χ4n) is 1.86. The molecule has 3 nitrogen and oxygen atoms in total. The van der Waals surface area contributed by atoms with Crippen LogP contribution in [0.5, 0.6) is 0 Å². The molecule has 94 valence electrons. The summed E-state index contributed by atoms with van der Waals surface area (Å²) < 4.78 is 4.77. The maximum atomic E-state index is 11.4. The molecule has 1 aliphatic heterocycles. The summed E-state index contributed by atoms with van der Waals surface area (Å²) in [6.07, 6.45) is 4.00. The van der Waals surface area contributed by atoms with Crippen molar-refractivity contribution in [3.63, 3.8) is 0 Å². The molecule has 1 heterocycles. The van der Waals surface area contributed by atoms with Gasteiger partial charge in [0.2, 0.25) is 0 Å². The van der Waals surface area contributed by atoms with E-state index >= 15 is 0 Å². The number of rotatable bonds is 5. The molecule has 0 aliphatic carbocycles. The Morgan fingerprint density at radius 2 is 2.25 bits per heavy atom. The molecule has 16 heavy (non-hydrogen) atoms. The van der Waals surface area contributed by atoms with E-state index in [1.165, 1.54) is 32.1 Å². The van der Waals surface area contributed by atoms with Crippen molar-refractivity contribution >= 4 is 17.7 Å². The maximum Gasteiger partial charge on any atom is 0.312 e. The largest absolute Gasteiger partial charge is 0.469 e. The van der Waals surface area contributed by atoms with E-state index in [2.05, 4.69) is 5.32 Å². The smallest absolute Gasteiger partial charge is 0.312 e. The van der Waals surface area contributed by atoms with Crippen LogP contribution in [0.15, 0.2) is 0 Å². The minimum absolute atomic E-state index is 0.142. The first kappa shape index (κ1) is 13.8. The van der Waals surface area contributed by atoms with E-state index < -0.39 is 5.41 Å². The van der Waals surface area contributed by atoms with Crippen LogP contribution in [0.2, 0.25) is 0 Å². The van der Waals surface area contributed by atoms with Crippen molar-refractivity contribution in [1.29, 1.82) is 0 Å². The van der Waals surface area contributed by atoms with Gasteiger partial charge >= 0.3 is 5.97 Å². The van der Waals surface area contributed by atoms with Gasteiger partial charge in [-0.05, 0) is 32.4 Å². The van der Waals surface area contributed by atoms with Gasteiger partial charge in [-0.2, -0.15) is 11.8 Å². The molecular formula is C12H23NO2S. The van der Waals surface area contributed by atoms with E-state index in [1.807, 2.05) is 25.6 Å². The summed E-state index contributed by atoms with van der Waals surface area (Å²) in [7, 11) is 1.45. The number of carbonyl (C=O) groups is 1. The van der Waals surface area contributed by atoms with Crippen molar-refractivity contribution in [3.05, 3.63) is 0 Å². The van der Waals surface area contributed by atoms with Crippen LogP contribution in [0.3, 0.4) is 0 Å². The predicted octanol–water partition coefficient (Wildman–Crippen LogP) is 2.06. The summed E-state index contributed by atoms with van der Waals surface area (Å²) in [5.74, 6) is 1.14. The minimum Gasteiger partial charge on any atom is -0.469 e. The van der Waals surface area contributed by atoms with Crippen molar-refractivity contribution in [2.24, 2.45) is 5.41 Å². The predicted molar refractivity (Wildman–Crippen MR) is 68.8 cm³/mol. The number of hydrogen-bond acceptors (Lipinski definition) is 4. The summed E-state index contributed by atoms with van der Waals surface area (Å²) in [4.78, 5) is 11.4. The Labute approximate surface area is 103 Å². The number of ether oxygens (including phenoxy) is 1. The lowest BCUT2D eigenvalue weighted by atomic mass is 9.94. The van der Waals surface area contributed by atoms with Crippen molar-refractivity contribution < 1.29 is 9.53 Å². The SMILES string of the molecule is COC(=O)C(C)(C)CNCC1CCCCS1. The third-order valence-corrected chi connectivity index (χ3v) is 4.35. The van der Waals surface area contributed by atoms with Crippen molar-refractivity contribution in [2.75, 3.05) is 26.0 Å². The van der Waals surface area contributed by atoms with E-state index in [-0.39, 0.29) is 5.97 Å². The van der Waals surface area contributed by atoms with Gasteiger partial charge in [0.1, 0.15) is 0 Å². The van der Waals surface area contributed by atoms with Crippen molar-refractivity contribution in [2.45, 2.75) is 38.4 Å². The molecule has 1 aliphatic rings. The van der Waals surface area contributed by atoms with Crippen LogP contribution >= 0.6 is 11.8 Å². The molecule has 0 amide bonds. The number of carbonyl (C=O) groups excluding carboxylic acids is 1. The van der Waals surface area contributed by atoms with Crippen LogP contribution in [-0.2, 0) is 9.53 Å². The Bertz CT molecular complexity index is 225. The molecule has 0 spiro atoms. The summed E-state index contributed by atoms with van der Waals surface area (Å²) in [6.45, 7) is 5.53. The normalized spacial score (nSPS) is 21.8. The lowest BCUT2D eigenvalue weighted by Crippen LogP contribution is -2.39. The van der Waals surface area contributed by atoms with Crippen LogP contribution in [0, 0.1) is 5.41 Å². The van der Waals surface area contributed by atoms with E-state index in [0.717, 1.165) is 11.8 Å². The number of esters is 1. The number of thioether (sulfide) groups is 1. The van der Waals surface area contributed by atoms with Crippen LogP contribution < -0.4 is 5.32 Å². The Balaban J connectivity index is 2.20. The van der Waals surface area contributed by atoms with Crippen LogP contribution in [0.4, 0.5) is 0 Å². The highest BCUT2D eigenvalue weighted by Gasteiger charge is 2.28. The van der Waals surface area contributed by atoms with E-state index in [9.17, 15) is 4.79 Å². The second-order valence-corrected chi connectivity index (χ2v) is 6.40. The van der Waals surface area contributed by atoms with Crippen molar-refractivity contribution in [3.8, 4) is 0 Å². The summed E-state index contributed by atoms with van der Waals surface area (Å²) >= 11 is 2.05. The quantitative estimate of drug-likeness (QED) is 0.753. The lowest BCUT2D eigenvalue weighted by molar-refractivity contribution is -0.150. The molecular weight excluding hydrogens is 222 g/mol. The second kappa shape index (κ2) is 6.50. The monoisotopic (exact) mass is 245 g/mol. The average molecular weight is 245 g/mol. The topological polar surface area (TPSA) is 38.3 Å². The molecule has 0 aromatic carbocycles. The van der Waals surface area contributed by atoms with Gasteiger partial charge in [-0.3, -0.25) is 4.79 Å². The third-order valence-electron chi connectivity index (χ3n) is 2.95. The van der Waals surface area contributed by atoms with Gasteiger partial charge in [-0.25, -0.2) is 0 Å². The fraction of sp³-hybridized carbons (Fsp3) is 0.917. The van der Waals surface area contributed by atoms with Gasteiger partial charge in [0, 0.05) is 18.3 Å². The first-order valence-corrected chi connectivity index (χ1v) is 7.02. The molecule has 0 aromatic heterocycles. The zero-order chi connectivity index (χ0) is 12.0. The van der Waals surface area contributed by atoms with E-state index in [0.29, 0.717) is 6.54 Å². The number of hydrogen-bond donors (Lipinski definition) is 1. The molecule has 1 N–H and O–H groups in total. The molecule has 1 fully saturated rings. The van der Waals surface area contributed by atoms with Gasteiger partial charge < -0.3 is 10.1 Å². The molecule has 0 aromatic rings. The summed E-state index contributed by atoms with van der Waals surface area (Å²) in [5, 5.41) is 4.11. The van der Waals surface area contributed by atoms with E-state index in [4.69, 9.17) is 4.74 Å². The van der Waals surface area contributed by atoms with E-state index in [1.54, 1.807) is 0 Å². The zero-order valence-corrected chi connectivity index (χ0v) is 11.4. The van der Waals surface area contributed by atoms with Gasteiger partial charge in [0.05, 0.1) is 12.5 Å². The van der Waals surface area contributed by atoms with Crippen LogP contribution in [0.1, 0.15) is 33.1 Å². The zero-order valence-electron chi connectivity index (χ0n) is 10.5.